The van der Waals surface area contributed by atoms with Gasteiger partial charge < -0.3 is 5.11 Å². The Morgan fingerprint density at radius 2 is 2.06 bits per heavy atom. The molecule has 1 N–H and O–H groups in total. The van der Waals surface area contributed by atoms with Gasteiger partial charge in [0.1, 0.15) is 0 Å². The number of hydrogen-bond acceptors (Lipinski definition) is 2. The Kier molecular flexibility index (Phi) is 4.43. The zero-order valence-electron chi connectivity index (χ0n) is 10.3. The van der Waals surface area contributed by atoms with Crippen molar-refractivity contribution in [2.45, 2.75) is 38.8 Å². The van der Waals surface area contributed by atoms with E-state index < -0.39 is 0 Å². The highest BCUT2D eigenvalue weighted by molar-refractivity contribution is 6.31. The molecule has 0 aromatic heterocycles. The van der Waals surface area contributed by atoms with Crippen LogP contribution in [0.3, 0.4) is 0 Å². The highest BCUT2D eigenvalue weighted by Gasteiger charge is 2.13. The van der Waals surface area contributed by atoms with Crippen LogP contribution in [0.2, 0.25) is 5.02 Å². The molecule has 3 heteroatoms. The molecule has 94 valence electrons. The summed E-state index contributed by atoms with van der Waals surface area (Å²) in [6, 6.07) is 6.15. The summed E-state index contributed by atoms with van der Waals surface area (Å²) in [5.41, 5.74) is 2.30. The van der Waals surface area contributed by atoms with Gasteiger partial charge in [-0.3, -0.25) is 4.90 Å². The molecule has 1 atom stereocenters. The molecule has 17 heavy (non-hydrogen) atoms. The number of aliphatic hydroxyl groups is 1. The molecule has 0 bridgehead atoms. The maximum atomic E-state index is 9.34. The summed E-state index contributed by atoms with van der Waals surface area (Å²) in [5, 5.41) is 10.2. The standard InChI is InChI=1S/C14H20ClNO/c1-11(17)8-12-4-5-13(14(15)9-12)10-16-6-2-3-7-16/h4-5,9,11,17H,2-3,6-8,10H2,1H3. The Balaban J connectivity index is 2.03. The van der Waals surface area contributed by atoms with Gasteiger partial charge in [-0.15, -0.1) is 0 Å². The van der Waals surface area contributed by atoms with E-state index >= 15 is 0 Å². The van der Waals surface area contributed by atoms with Crippen molar-refractivity contribution < 1.29 is 5.11 Å². The number of rotatable bonds is 4. The van der Waals surface area contributed by atoms with Crippen molar-refractivity contribution in [1.29, 1.82) is 0 Å². The molecule has 0 radical (unpaired) electrons. The van der Waals surface area contributed by atoms with Crippen molar-refractivity contribution in [3.05, 3.63) is 34.3 Å². The van der Waals surface area contributed by atoms with Gasteiger partial charge in [0.25, 0.3) is 0 Å². The van der Waals surface area contributed by atoms with E-state index in [1.54, 1.807) is 6.92 Å². The fourth-order valence-corrected chi connectivity index (χ4v) is 2.63. The second-order valence-electron chi connectivity index (χ2n) is 4.96. The number of likely N-dealkylation sites (tertiary alicyclic amines) is 1. The molecule has 1 aliphatic rings. The summed E-state index contributed by atoms with van der Waals surface area (Å²) in [6.45, 7) is 5.12. The lowest BCUT2D eigenvalue weighted by atomic mass is 10.1. The second kappa shape index (κ2) is 5.85. The van der Waals surface area contributed by atoms with Crippen LogP contribution < -0.4 is 0 Å². The smallest absolute Gasteiger partial charge is 0.0552 e. The lowest BCUT2D eigenvalue weighted by Gasteiger charge is -2.16. The van der Waals surface area contributed by atoms with Crippen LogP contribution in [0.1, 0.15) is 30.9 Å². The topological polar surface area (TPSA) is 23.5 Å². The van der Waals surface area contributed by atoms with Crippen LogP contribution in [0.5, 0.6) is 0 Å². The monoisotopic (exact) mass is 253 g/mol. The van der Waals surface area contributed by atoms with Gasteiger partial charge in [-0.05, 0) is 56.5 Å². The number of halogens is 1. The van der Waals surface area contributed by atoms with Gasteiger partial charge in [0.05, 0.1) is 6.10 Å². The number of nitrogens with zero attached hydrogens (tertiary/aromatic N) is 1. The zero-order chi connectivity index (χ0) is 12.3. The Hall–Kier alpha value is -0.570. The van der Waals surface area contributed by atoms with Crippen molar-refractivity contribution in [3.63, 3.8) is 0 Å². The third kappa shape index (κ3) is 3.70. The number of hydrogen-bond donors (Lipinski definition) is 1. The Labute approximate surface area is 108 Å². The predicted molar refractivity (Wildman–Crippen MR) is 71.3 cm³/mol. The van der Waals surface area contributed by atoms with Crippen LogP contribution in [0.4, 0.5) is 0 Å². The fraction of sp³-hybridized carbons (Fsp3) is 0.571. The van der Waals surface area contributed by atoms with E-state index in [2.05, 4.69) is 17.0 Å². The van der Waals surface area contributed by atoms with Crippen LogP contribution in [0.25, 0.3) is 0 Å². The average molecular weight is 254 g/mol. The maximum Gasteiger partial charge on any atom is 0.0552 e. The van der Waals surface area contributed by atoms with Crippen molar-refractivity contribution in [2.75, 3.05) is 13.1 Å². The van der Waals surface area contributed by atoms with Crippen molar-refractivity contribution in [2.24, 2.45) is 0 Å². The maximum absolute atomic E-state index is 9.34. The van der Waals surface area contributed by atoms with Gasteiger partial charge >= 0.3 is 0 Å². The molecule has 1 heterocycles. The second-order valence-corrected chi connectivity index (χ2v) is 5.37. The number of benzene rings is 1. The summed E-state index contributed by atoms with van der Waals surface area (Å²) >= 11 is 6.28. The molecule has 1 aromatic rings. The lowest BCUT2D eigenvalue weighted by Crippen LogP contribution is -2.18. The fourth-order valence-electron chi connectivity index (χ4n) is 2.37. The SMILES string of the molecule is CC(O)Cc1ccc(CN2CCCC2)c(Cl)c1. The summed E-state index contributed by atoms with van der Waals surface area (Å²) in [6.07, 6.45) is 2.97. The van der Waals surface area contributed by atoms with Crippen LogP contribution in [-0.2, 0) is 13.0 Å². The van der Waals surface area contributed by atoms with Gasteiger partial charge in [0.15, 0.2) is 0 Å². The molecule has 1 aliphatic heterocycles. The molecule has 2 nitrogen and oxygen atoms in total. The molecular formula is C14H20ClNO. The van der Waals surface area contributed by atoms with Gasteiger partial charge in [-0.2, -0.15) is 0 Å². The molecule has 1 aromatic carbocycles. The first-order valence-corrected chi connectivity index (χ1v) is 6.70. The number of aliphatic hydroxyl groups excluding tert-OH is 1. The van der Waals surface area contributed by atoms with Gasteiger partial charge in [0.2, 0.25) is 0 Å². The normalized spacial score (nSPS) is 18.5. The zero-order valence-corrected chi connectivity index (χ0v) is 11.1. The molecule has 2 rings (SSSR count). The molecule has 0 saturated carbocycles. The Bertz CT molecular complexity index is 372. The Morgan fingerprint density at radius 3 is 2.65 bits per heavy atom. The van der Waals surface area contributed by atoms with Gasteiger partial charge in [0, 0.05) is 11.6 Å². The molecule has 0 spiro atoms. The lowest BCUT2D eigenvalue weighted by molar-refractivity contribution is 0.195. The van der Waals surface area contributed by atoms with Crippen molar-refractivity contribution in [1.82, 2.24) is 4.90 Å². The summed E-state index contributed by atoms with van der Waals surface area (Å²) < 4.78 is 0. The first-order valence-electron chi connectivity index (χ1n) is 6.33. The summed E-state index contributed by atoms with van der Waals surface area (Å²) in [5.74, 6) is 0. The minimum absolute atomic E-state index is 0.310. The molecule has 1 fully saturated rings. The van der Waals surface area contributed by atoms with E-state index in [-0.39, 0.29) is 6.10 Å². The third-order valence-corrected chi connectivity index (χ3v) is 3.59. The van der Waals surface area contributed by atoms with Crippen molar-refractivity contribution in [3.8, 4) is 0 Å². The van der Waals surface area contributed by atoms with E-state index in [1.165, 1.54) is 31.5 Å². The van der Waals surface area contributed by atoms with Gasteiger partial charge in [-0.1, -0.05) is 23.7 Å². The first-order chi connectivity index (χ1) is 8.15. The van der Waals surface area contributed by atoms with Crippen LogP contribution >= 0.6 is 11.6 Å². The van der Waals surface area contributed by atoms with Crippen LogP contribution in [-0.4, -0.2) is 29.2 Å². The van der Waals surface area contributed by atoms with E-state index in [1.807, 2.05) is 6.07 Å². The van der Waals surface area contributed by atoms with E-state index in [9.17, 15) is 5.11 Å². The van der Waals surface area contributed by atoms with Gasteiger partial charge in [-0.25, -0.2) is 0 Å². The molecule has 1 unspecified atom stereocenters. The summed E-state index contributed by atoms with van der Waals surface area (Å²) in [7, 11) is 0. The van der Waals surface area contributed by atoms with Crippen LogP contribution in [0.15, 0.2) is 18.2 Å². The Morgan fingerprint density at radius 1 is 1.35 bits per heavy atom. The van der Waals surface area contributed by atoms with E-state index in [0.717, 1.165) is 17.1 Å². The minimum Gasteiger partial charge on any atom is -0.393 e. The predicted octanol–water partition coefficient (Wildman–Crippen LogP) is 2.86. The molecule has 0 aliphatic carbocycles. The average Bonchev–Trinajstić information content (AvgIpc) is 2.74. The largest absolute Gasteiger partial charge is 0.393 e. The van der Waals surface area contributed by atoms with Crippen LogP contribution in [0, 0.1) is 0 Å². The van der Waals surface area contributed by atoms with Crippen molar-refractivity contribution >= 4 is 11.6 Å². The highest BCUT2D eigenvalue weighted by Crippen LogP contribution is 2.22. The first kappa shape index (κ1) is 12.9. The third-order valence-electron chi connectivity index (χ3n) is 3.24. The van der Waals surface area contributed by atoms with E-state index in [4.69, 9.17) is 11.6 Å². The highest BCUT2D eigenvalue weighted by atomic mass is 35.5. The van der Waals surface area contributed by atoms with E-state index in [0.29, 0.717) is 6.42 Å². The minimum atomic E-state index is -0.310. The molecule has 0 amide bonds. The quantitative estimate of drug-likeness (QED) is 0.892. The molecular weight excluding hydrogens is 234 g/mol. The summed E-state index contributed by atoms with van der Waals surface area (Å²) in [4.78, 5) is 2.44. The molecule has 1 saturated heterocycles.